The van der Waals surface area contributed by atoms with Gasteiger partial charge in [0.1, 0.15) is 11.6 Å². The molecule has 0 spiro atoms. The summed E-state index contributed by atoms with van der Waals surface area (Å²) < 4.78 is 32.5. The van der Waals surface area contributed by atoms with Crippen LogP contribution in [0.25, 0.3) is 0 Å². The van der Waals surface area contributed by atoms with E-state index in [2.05, 4.69) is 14.9 Å². The Morgan fingerprint density at radius 2 is 2.24 bits per heavy atom. The van der Waals surface area contributed by atoms with Gasteiger partial charge in [-0.2, -0.15) is 23.1 Å². The molecule has 2 N–H and O–H groups in total. The second-order valence-corrected chi connectivity index (χ2v) is 5.06. The Labute approximate surface area is 98.4 Å². The van der Waals surface area contributed by atoms with Crippen molar-refractivity contribution in [1.82, 2.24) is 14.5 Å². The Morgan fingerprint density at radius 1 is 1.53 bits per heavy atom. The van der Waals surface area contributed by atoms with Crippen LogP contribution in [0.3, 0.4) is 0 Å². The van der Waals surface area contributed by atoms with E-state index in [4.69, 9.17) is 10.00 Å². The highest BCUT2D eigenvalue weighted by Crippen LogP contribution is 2.14. The van der Waals surface area contributed by atoms with Crippen LogP contribution in [0.4, 0.5) is 5.82 Å². The monoisotopic (exact) mass is 257 g/mol. The van der Waals surface area contributed by atoms with Gasteiger partial charge in [-0.15, -0.1) is 0 Å². The van der Waals surface area contributed by atoms with Gasteiger partial charge in [-0.1, -0.05) is 0 Å². The zero-order valence-corrected chi connectivity index (χ0v) is 9.70. The fourth-order valence-electron chi connectivity index (χ4n) is 1.43. The second kappa shape index (κ2) is 4.70. The van der Waals surface area contributed by atoms with E-state index < -0.39 is 10.2 Å². The molecule has 1 saturated heterocycles. The number of ether oxygens (including phenoxy) is 1. The molecule has 0 radical (unpaired) electrons. The van der Waals surface area contributed by atoms with Crippen molar-refractivity contribution in [3.8, 4) is 6.07 Å². The number of nitrogens with zero attached hydrogens (tertiary/aromatic N) is 3. The van der Waals surface area contributed by atoms with Gasteiger partial charge in [-0.05, 0) is 0 Å². The summed E-state index contributed by atoms with van der Waals surface area (Å²) in [4.78, 5) is 0. The molecule has 0 bridgehead atoms. The summed E-state index contributed by atoms with van der Waals surface area (Å²) in [5, 5.41) is 14.8. The molecule has 0 aliphatic carbocycles. The number of nitrogens with one attached hydrogen (secondary N) is 2. The van der Waals surface area contributed by atoms with E-state index >= 15 is 0 Å². The minimum Gasteiger partial charge on any atom is -0.379 e. The smallest absolute Gasteiger partial charge is 0.302 e. The van der Waals surface area contributed by atoms with Crippen molar-refractivity contribution in [2.75, 3.05) is 31.0 Å². The molecule has 0 atom stereocenters. The molecule has 2 rings (SSSR count). The van der Waals surface area contributed by atoms with Crippen molar-refractivity contribution >= 4 is 16.0 Å². The van der Waals surface area contributed by atoms with E-state index in [1.54, 1.807) is 0 Å². The van der Waals surface area contributed by atoms with Gasteiger partial charge in [-0.25, -0.2) is 0 Å². The average molecular weight is 257 g/mol. The fraction of sp³-hybridized carbons (Fsp3) is 0.500. The topological polar surface area (TPSA) is 111 Å². The summed E-state index contributed by atoms with van der Waals surface area (Å²) in [7, 11) is -3.66. The lowest BCUT2D eigenvalue weighted by atomic mass is 10.4. The van der Waals surface area contributed by atoms with Crippen LogP contribution in [0.5, 0.6) is 0 Å². The minimum absolute atomic E-state index is 0.0824. The van der Waals surface area contributed by atoms with E-state index in [1.165, 1.54) is 10.5 Å². The van der Waals surface area contributed by atoms with Gasteiger partial charge >= 0.3 is 10.2 Å². The molecule has 92 valence electrons. The third kappa shape index (κ3) is 2.55. The van der Waals surface area contributed by atoms with E-state index in [0.717, 1.165) is 0 Å². The highest BCUT2D eigenvalue weighted by Gasteiger charge is 2.25. The molecule has 1 aliphatic heterocycles. The molecule has 1 aromatic heterocycles. The standard InChI is InChI=1S/C8H11N5O3S/c9-5-7-6-10-11-8(7)12-17(14,15)13-1-3-16-4-2-13/h6H,1-4H2,(H2,10,11,12). The van der Waals surface area contributed by atoms with Gasteiger partial charge in [0.05, 0.1) is 19.4 Å². The first-order chi connectivity index (χ1) is 8.13. The Kier molecular flexibility index (Phi) is 3.28. The first-order valence-electron chi connectivity index (χ1n) is 4.92. The largest absolute Gasteiger partial charge is 0.379 e. The van der Waals surface area contributed by atoms with Crippen LogP contribution in [0.15, 0.2) is 6.20 Å². The average Bonchev–Trinajstić information content (AvgIpc) is 2.77. The lowest BCUT2D eigenvalue weighted by Crippen LogP contribution is -2.43. The van der Waals surface area contributed by atoms with Crippen molar-refractivity contribution in [2.24, 2.45) is 0 Å². The Bertz CT molecular complexity index is 526. The molecule has 8 nitrogen and oxygen atoms in total. The molecule has 0 unspecified atom stereocenters. The van der Waals surface area contributed by atoms with Gasteiger partial charge in [-0.3, -0.25) is 9.82 Å². The van der Waals surface area contributed by atoms with Crippen molar-refractivity contribution in [1.29, 1.82) is 5.26 Å². The van der Waals surface area contributed by atoms with Gasteiger partial charge in [0.15, 0.2) is 5.82 Å². The molecule has 0 aromatic carbocycles. The van der Waals surface area contributed by atoms with Crippen molar-refractivity contribution in [3.63, 3.8) is 0 Å². The number of aromatic amines is 1. The summed E-state index contributed by atoms with van der Waals surface area (Å²) >= 11 is 0. The molecule has 0 amide bonds. The first kappa shape index (κ1) is 11.8. The third-order valence-corrected chi connectivity index (χ3v) is 3.81. The number of rotatable bonds is 3. The van der Waals surface area contributed by atoms with Crippen LogP contribution in [0, 0.1) is 11.3 Å². The predicted molar refractivity (Wildman–Crippen MR) is 58.2 cm³/mol. The quantitative estimate of drug-likeness (QED) is 0.741. The Morgan fingerprint density at radius 3 is 2.88 bits per heavy atom. The molecule has 1 aliphatic rings. The predicted octanol–water partition coefficient (Wildman–Crippen LogP) is -0.730. The number of morpholine rings is 1. The van der Waals surface area contributed by atoms with E-state index in [9.17, 15) is 8.42 Å². The molecular weight excluding hydrogens is 246 g/mol. The van der Waals surface area contributed by atoms with E-state index in [-0.39, 0.29) is 11.4 Å². The van der Waals surface area contributed by atoms with Gasteiger partial charge in [0.2, 0.25) is 0 Å². The summed E-state index contributed by atoms with van der Waals surface area (Å²) in [6.45, 7) is 1.33. The van der Waals surface area contributed by atoms with Crippen molar-refractivity contribution in [2.45, 2.75) is 0 Å². The minimum atomic E-state index is -3.66. The Hall–Kier alpha value is -1.63. The number of aromatic nitrogens is 2. The zero-order valence-electron chi connectivity index (χ0n) is 8.88. The summed E-state index contributed by atoms with van der Waals surface area (Å²) in [5.41, 5.74) is 0.154. The SMILES string of the molecule is N#Cc1cn[nH]c1NS(=O)(=O)N1CCOCC1. The second-order valence-electron chi connectivity index (χ2n) is 3.39. The third-order valence-electron chi connectivity index (χ3n) is 2.30. The maximum Gasteiger partial charge on any atom is 0.302 e. The number of anilines is 1. The lowest BCUT2D eigenvalue weighted by Gasteiger charge is -2.25. The molecule has 0 saturated carbocycles. The van der Waals surface area contributed by atoms with Crippen molar-refractivity contribution in [3.05, 3.63) is 11.8 Å². The van der Waals surface area contributed by atoms with Crippen molar-refractivity contribution < 1.29 is 13.2 Å². The van der Waals surface area contributed by atoms with Crippen LogP contribution in [-0.4, -0.2) is 49.2 Å². The molecular formula is C8H11N5O3S. The van der Waals surface area contributed by atoms with Crippen LogP contribution >= 0.6 is 0 Å². The molecule has 1 aromatic rings. The maximum atomic E-state index is 11.9. The van der Waals surface area contributed by atoms with Gasteiger partial charge in [0.25, 0.3) is 0 Å². The zero-order chi connectivity index (χ0) is 12.3. The van der Waals surface area contributed by atoms with E-state index in [1.807, 2.05) is 6.07 Å². The summed E-state index contributed by atoms with van der Waals surface area (Å²) in [5.74, 6) is 0.0824. The van der Waals surface area contributed by atoms with Crippen LogP contribution in [-0.2, 0) is 14.9 Å². The highest BCUT2D eigenvalue weighted by atomic mass is 32.2. The molecule has 2 heterocycles. The van der Waals surface area contributed by atoms with E-state index in [0.29, 0.717) is 26.3 Å². The maximum absolute atomic E-state index is 11.9. The number of hydrogen-bond acceptors (Lipinski definition) is 5. The van der Waals surface area contributed by atoms with Gasteiger partial charge < -0.3 is 4.74 Å². The normalized spacial score (nSPS) is 17.6. The van der Waals surface area contributed by atoms with Crippen LogP contribution < -0.4 is 4.72 Å². The number of nitriles is 1. The van der Waals surface area contributed by atoms with Crippen LogP contribution in [0.1, 0.15) is 5.56 Å². The summed E-state index contributed by atoms with van der Waals surface area (Å²) in [6, 6.07) is 1.84. The molecule has 9 heteroatoms. The van der Waals surface area contributed by atoms with Gasteiger partial charge in [0, 0.05) is 13.1 Å². The molecule has 17 heavy (non-hydrogen) atoms. The Balaban J connectivity index is 2.14. The highest BCUT2D eigenvalue weighted by molar-refractivity contribution is 7.90. The fourth-order valence-corrected chi connectivity index (χ4v) is 2.60. The van der Waals surface area contributed by atoms with Crippen LogP contribution in [0.2, 0.25) is 0 Å². The summed E-state index contributed by atoms with van der Waals surface area (Å²) in [6.07, 6.45) is 1.26. The number of hydrogen-bond donors (Lipinski definition) is 2. The number of H-pyrrole nitrogens is 1. The first-order valence-corrected chi connectivity index (χ1v) is 6.36. The lowest BCUT2D eigenvalue weighted by molar-refractivity contribution is 0.0733. The molecule has 1 fully saturated rings.